The Hall–Kier alpha value is -4.17. The smallest absolute Gasteiger partial charge is 0.318 e. The molecule has 0 amide bonds. The first kappa shape index (κ1) is 29.9. The van der Waals surface area contributed by atoms with E-state index in [4.69, 9.17) is 10.5 Å². The Morgan fingerprint density at radius 2 is 1.98 bits per heavy atom. The average molecular weight is 621 g/mol. The Morgan fingerprint density at radius 3 is 2.68 bits per heavy atom. The van der Waals surface area contributed by atoms with Gasteiger partial charge in [0.1, 0.15) is 34.4 Å². The van der Waals surface area contributed by atoms with Crippen LogP contribution in [0.25, 0.3) is 32.1 Å². The van der Waals surface area contributed by atoms with Crippen LogP contribution in [0.15, 0.2) is 18.2 Å². The van der Waals surface area contributed by atoms with Crippen LogP contribution in [0.3, 0.4) is 0 Å². The number of anilines is 2. The van der Waals surface area contributed by atoms with Crippen molar-refractivity contribution in [2.75, 3.05) is 50.5 Å². The summed E-state index contributed by atoms with van der Waals surface area (Å²) in [6.07, 6.45) is 2.81. The third kappa shape index (κ3) is 5.25. The molecular formula is C31H31F3N8OS. The Balaban J connectivity index is 0.000000323. The molecule has 2 aromatic carbocycles. The monoisotopic (exact) mass is 620 g/mol. The molecule has 2 aromatic heterocycles. The largest absolute Gasteiger partial charge is 0.467 e. The van der Waals surface area contributed by atoms with Crippen LogP contribution in [-0.2, 0) is 0 Å². The maximum absolute atomic E-state index is 16.3. The molecule has 7 rings (SSSR count). The molecule has 44 heavy (non-hydrogen) atoms. The molecule has 5 heterocycles. The first-order chi connectivity index (χ1) is 21.2. The summed E-state index contributed by atoms with van der Waals surface area (Å²) in [6.45, 7) is 5.85. The van der Waals surface area contributed by atoms with Gasteiger partial charge in [0.05, 0.1) is 29.0 Å². The van der Waals surface area contributed by atoms with E-state index < -0.39 is 17.8 Å². The molecule has 3 fully saturated rings. The lowest BCUT2D eigenvalue weighted by atomic mass is 9.93. The SMILES string of the molecule is COc1nc(N2CCNC(C)C2)c2cc(C#N)c(-c3ccc(F)c4sc(N)c(C#N)c34)c(F)c2n1.FC1CC2CCCN2C1. The van der Waals surface area contributed by atoms with E-state index in [0.717, 1.165) is 24.3 Å². The van der Waals surface area contributed by atoms with Crippen molar-refractivity contribution in [3.8, 4) is 29.3 Å². The lowest BCUT2D eigenvalue weighted by molar-refractivity contribution is 0.292. The Morgan fingerprint density at radius 1 is 1.16 bits per heavy atom. The maximum Gasteiger partial charge on any atom is 0.318 e. The van der Waals surface area contributed by atoms with Gasteiger partial charge in [0, 0.05) is 54.6 Å². The number of alkyl halides is 1. The number of nitriles is 2. The molecule has 9 nitrogen and oxygen atoms in total. The number of benzene rings is 2. The van der Waals surface area contributed by atoms with Crippen molar-refractivity contribution in [1.82, 2.24) is 20.2 Å². The second-order valence-corrected chi connectivity index (χ2v) is 12.4. The molecule has 3 N–H and O–H groups in total. The topological polar surface area (TPSA) is 127 Å². The number of hydrogen-bond acceptors (Lipinski definition) is 10. The number of nitrogen functional groups attached to an aromatic ring is 1. The summed E-state index contributed by atoms with van der Waals surface area (Å²) < 4.78 is 48.8. The lowest BCUT2D eigenvalue weighted by Crippen LogP contribution is -2.49. The molecule has 3 aliphatic heterocycles. The minimum absolute atomic E-state index is 0.00905. The highest BCUT2D eigenvalue weighted by molar-refractivity contribution is 7.23. The zero-order valence-electron chi connectivity index (χ0n) is 24.3. The average Bonchev–Trinajstić information content (AvgIpc) is 3.70. The number of ether oxygens (including phenoxy) is 1. The van der Waals surface area contributed by atoms with E-state index in [0.29, 0.717) is 43.4 Å². The fraction of sp³-hybridized carbons (Fsp3) is 0.419. The number of aromatic nitrogens is 2. The van der Waals surface area contributed by atoms with Crippen LogP contribution >= 0.6 is 11.3 Å². The summed E-state index contributed by atoms with van der Waals surface area (Å²) >= 11 is 0.906. The summed E-state index contributed by atoms with van der Waals surface area (Å²) in [4.78, 5) is 13.0. The zero-order valence-corrected chi connectivity index (χ0v) is 25.1. The van der Waals surface area contributed by atoms with Crippen LogP contribution in [0.1, 0.15) is 37.3 Å². The fourth-order valence-electron chi connectivity index (χ4n) is 6.53. The number of nitrogens with two attached hydrogens (primary N) is 1. The summed E-state index contributed by atoms with van der Waals surface area (Å²) in [7, 11) is 1.39. The number of nitrogens with one attached hydrogen (secondary N) is 1. The van der Waals surface area contributed by atoms with E-state index in [2.05, 4.69) is 26.3 Å². The van der Waals surface area contributed by atoms with Crippen LogP contribution in [0, 0.1) is 34.3 Å². The van der Waals surface area contributed by atoms with E-state index in [1.54, 1.807) is 0 Å². The predicted octanol–water partition coefficient (Wildman–Crippen LogP) is 5.11. The summed E-state index contributed by atoms with van der Waals surface area (Å²) in [5.74, 6) is -0.907. The molecule has 3 atom stereocenters. The molecule has 3 saturated heterocycles. The van der Waals surface area contributed by atoms with Crippen LogP contribution in [0.5, 0.6) is 6.01 Å². The van der Waals surface area contributed by atoms with Crippen LogP contribution < -0.4 is 20.7 Å². The normalized spacial score (nSPS) is 21.5. The highest BCUT2D eigenvalue weighted by Crippen LogP contribution is 2.44. The Kier molecular flexibility index (Phi) is 8.20. The predicted molar refractivity (Wildman–Crippen MR) is 164 cm³/mol. The quantitative estimate of drug-likeness (QED) is 0.321. The highest BCUT2D eigenvalue weighted by atomic mass is 32.1. The second-order valence-electron chi connectivity index (χ2n) is 11.3. The molecule has 13 heteroatoms. The molecule has 4 aromatic rings. The minimum atomic E-state index is -0.786. The van der Waals surface area contributed by atoms with Crippen molar-refractivity contribution < 1.29 is 17.9 Å². The molecule has 0 bridgehead atoms. The number of nitrogens with zero attached hydrogens (tertiary/aromatic N) is 6. The van der Waals surface area contributed by atoms with E-state index in [-0.39, 0.29) is 54.9 Å². The number of rotatable bonds is 3. The van der Waals surface area contributed by atoms with E-state index in [1.165, 1.54) is 38.2 Å². The fourth-order valence-corrected chi connectivity index (χ4v) is 7.48. The van der Waals surface area contributed by atoms with Gasteiger partial charge < -0.3 is 20.7 Å². The van der Waals surface area contributed by atoms with Crippen molar-refractivity contribution in [3.05, 3.63) is 41.0 Å². The van der Waals surface area contributed by atoms with Crippen LogP contribution in [0.4, 0.5) is 24.0 Å². The molecule has 0 aliphatic carbocycles. The number of halogens is 3. The molecule has 3 unspecified atom stereocenters. The molecule has 0 saturated carbocycles. The summed E-state index contributed by atoms with van der Waals surface area (Å²) in [6, 6.07) is 8.87. The minimum Gasteiger partial charge on any atom is -0.467 e. The van der Waals surface area contributed by atoms with Gasteiger partial charge >= 0.3 is 6.01 Å². The number of hydrogen-bond donors (Lipinski definition) is 2. The van der Waals surface area contributed by atoms with Crippen molar-refractivity contribution in [1.29, 1.82) is 10.5 Å². The van der Waals surface area contributed by atoms with Gasteiger partial charge in [0.15, 0.2) is 5.82 Å². The summed E-state index contributed by atoms with van der Waals surface area (Å²) in [5.41, 5.74) is 6.07. The van der Waals surface area contributed by atoms with Crippen molar-refractivity contribution >= 4 is 43.1 Å². The number of methoxy groups -OCH3 is 1. The third-order valence-electron chi connectivity index (χ3n) is 8.52. The van der Waals surface area contributed by atoms with Crippen molar-refractivity contribution in [2.45, 2.75) is 44.4 Å². The van der Waals surface area contributed by atoms with Crippen molar-refractivity contribution in [2.24, 2.45) is 0 Å². The highest BCUT2D eigenvalue weighted by Gasteiger charge is 2.34. The van der Waals surface area contributed by atoms with Gasteiger partial charge in [-0.2, -0.15) is 20.5 Å². The van der Waals surface area contributed by atoms with E-state index in [9.17, 15) is 19.3 Å². The van der Waals surface area contributed by atoms with Gasteiger partial charge in [-0.15, -0.1) is 11.3 Å². The molecule has 0 spiro atoms. The maximum atomic E-state index is 16.3. The van der Waals surface area contributed by atoms with Crippen molar-refractivity contribution in [3.63, 3.8) is 0 Å². The summed E-state index contributed by atoms with van der Waals surface area (Å²) in [5, 5.41) is 23.6. The molecule has 3 aliphatic rings. The molecule has 0 radical (unpaired) electrons. The zero-order chi connectivity index (χ0) is 31.1. The van der Waals surface area contributed by atoms with Gasteiger partial charge in [-0.1, -0.05) is 6.07 Å². The third-order valence-corrected chi connectivity index (χ3v) is 9.55. The number of piperazine rings is 1. The first-order valence-electron chi connectivity index (χ1n) is 14.5. The van der Waals surface area contributed by atoms with E-state index >= 15 is 4.39 Å². The van der Waals surface area contributed by atoms with Gasteiger partial charge in [0.2, 0.25) is 0 Å². The van der Waals surface area contributed by atoms with Gasteiger partial charge in [-0.05, 0) is 50.4 Å². The molecular weight excluding hydrogens is 589 g/mol. The Bertz CT molecular complexity index is 1820. The van der Waals surface area contributed by atoms with E-state index in [1.807, 2.05) is 17.9 Å². The van der Waals surface area contributed by atoms with Crippen LogP contribution in [-0.4, -0.2) is 73.0 Å². The van der Waals surface area contributed by atoms with Gasteiger partial charge in [-0.25, -0.2) is 13.2 Å². The first-order valence-corrected chi connectivity index (χ1v) is 15.3. The van der Waals surface area contributed by atoms with Crippen LogP contribution in [0.2, 0.25) is 0 Å². The lowest BCUT2D eigenvalue weighted by Gasteiger charge is -2.33. The van der Waals surface area contributed by atoms with Gasteiger partial charge in [-0.3, -0.25) is 4.90 Å². The van der Waals surface area contributed by atoms with Gasteiger partial charge in [0.25, 0.3) is 0 Å². The standard InChI is InChI=1S/C24H19F2N7OS.C7H12FN/c1-11-10-33(6-5-30-11)23-14-7-12(8-27)17(19(26)20(14)31-24(32-23)34-2)13-3-4-16(25)21-18(13)15(9-28)22(29)35-21;8-6-4-7-2-1-3-9(7)5-6/h3-4,7,11,30H,5-6,10,29H2,1-2H3;6-7H,1-5H2. The molecule has 228 valence electrons. The number of thiophene rings is 1. The Labute approximate surface area is 256 Å². The number of fused-ring (bicyclic) bond motifs is 3. The second kappa shape index (κ2) is 12.1.